The van der Waals surface area contributed by atoms with E-state index < -0.39 is 16.9 Å². The number of carbonyl (C=O) groups excluding carboxylic acids is 1. The fourth-order valence-electron chi connectivity index (χ4n) is 2.87. The van der Waals surface area contributed by atoms with Gasteiger partial charge in [-0.25, -0.2) is 4.21 Å². The molecule has 2 aromatic rings. The van der Waals surface area contributed by atoms with Crippen LogP contribution in [0.2, 0.25) is 0 Å². The largest absolute Gasteiger partial charge is 0.493 e. The molecule has 33 heavy (non-hydrogen) atoms. The molecule has 0 saturated heterocycles. The van der Waals surface area contributed by atoms with Crippen molar-refractivity contribution in [2.45, 2.75) is 0 Å². The van der Waals surface area contributed by atoms with Crippen LogP contribution in [-0.4, -0.2) is 52.8 Å². The molecule has 10 heteroatoms. The molecule has 0 bridgehead atoms. The number of hydrogen-bond donors (Lipinski definition) is 1. The maximum atomic E-state index is 12.3. The Bertz CT molecular complexity index is 931. The summed E-state index contributed by atoms with van der Waals surface area (Å²) in [5, 5.41) is 1.34. The summed E-state index contributed by atoms with van der Waals surface area (Å²) in [7, 11) is 7.26. The van der Waals surface area contributed by atoms with E-state index in [1.165, 1.54) is 54.1 Å². The second kappa shape index (κ2) is 12.4. The van der Waals surface area contributed by atoms with Crippen molar-refractivity contribution in [3.05, 3.63) is 46.9 Å². The molecule has 1 amide bonds. The first-order valence-corrected chi connectivity index (χ1v) is 10.8. The van der Waals surface area contributed by atoms with E-state index in [9.17, 15) is 9.00 Å². The van der Waals surface area contributed by atoms with Gasteiger partial charge in [-0.05, 0) is 47.5 Å². The fraction of sp³-hybridized carbons (Fsp3) is 0.261. The highest BCUT2D eigenvalue weighted by molar-refractivity contribution is 7.86. The first-order valence-electron chi connectivity index (χ1n) is 9.58. The molecule has 1 atom stereocenters. The number of benzene rings is 2. The smallest absolute Gasteiger partial charge is 0.255 e. The van der Waals surface area contributed by atoms with Gasteiger partial charge in [-0.3, -0.25) is 9.52 Å². The second-order valence-electron chi connectivity index (χ2n) is 6.32. The van der Waals surface area contributed by atoms with E-state index >= 15 is 0 Å². The molecule has 0 fully saturated rings. The normalized spacial score (nSPS) is 11.8. The molecular weight excluding hydrogens is 450 g/mol. The average Bonchev–Trinajstić information content (AvgIpc) is 2.84. The van der Waals surface area contributed by atoms with Crippen molar-refractivity contribution in [2.75, 3.05) is 42.7 Å². The summed E-state index contributed by atoms with van der Waals surface area (Å²) in [5.74, 6) is 2.17. The van der Waals surface area contributed by atoms with Crippen molar-refractivity contribution in [3.63, 3.8) is 0 Å². The summed E-state index contributed by atoms with van der Waals surface area (Å²) >= 11 is 0. The lowest BCUT2D eigenvalue weighted by atomic mass is 10.1. The lowest BCUT2D eigenvalue weighted by molar-refractivity contribution is -0.114. The van der Waals surface area contributed by atoms with Gasteiger partial charge in [0.15, 0.2) is 23.0 Å². The zero-order valence-corrected chi connectivity index (χ0v) is 20.1. The lowest BCUT2D eigenvalue weighted by Crippen LogP contribution is -2.21. The summed E-state index contributed by atoms with van der Waals surface area (Å²) in [6.45, 7) is 0. The molecule has 1 unspecified atom stereocenters. The van der Waals surface area contributed by atoms with Crippen LogP contribution < -0.4 is 33.1 Å². The first kappa shape index (κ1) is 25.6. The number of hydrogen-bond acceptors (Lipinski definition) is 8. The standard InChI is InChI=1S/C23H27NO8S/c1-27-17-11-15(12-18(28-2)22(17)31-5)7-8-21(25)24-33(26)10-9-16-13-19(29-3)23(32-6)20(14-16)30-4/h7-14H,1-6H3,(H,24,25)/b8-7-,10-9+. The third-order valence-corrected chi connectivity index (χ3v) is 5.17. The predicted octanol–water partition coefficient (Wildman–Crippen LogP) is 3.20. The number of ether oxygens (including phenoxy) is 6. The van der Waals surface area contributed by atoms with E-state index in [-0.39, 0.29) is 0 Å². The average molecular weight is 478 g/mol. The summed E-state index contributed by atoms with van der Waals surface area (Å²) in [5.41, 5.74) is 1.29. The van der Waals surface area contributed by atoms with E-state index in [0.29, 0.717) is 45.6 Å². The molecule has 0 spiro atoms. The van der Waals surface area contributed by atoms with Crippen LogP contribution in [0, 0.1) is 0 Å². The minimum atomic E-state index is -1.76. The molecule has 0 heterocycles. The van der Waals surface area contributed by atoms with Crippen molar-refractivity contribution in [2.24, 2.45) is 0 Å². The van der Waals surface area contributed by atoms with Crippen LogP contribution in [0.15, 0.2) is 35.7 Å². The second-order valence-corrected chi connectivity index (χ2v) is 7.39. The van der Waals surface area contributed by atoms with Gasteiger partial charge in [0.05, 0.1) is 42.7 Å². The number of methoxy groups -OCH3 is 6. The van der Waals surface area contributed by atoms with Gasteiger partial charge in [-0.1, -0.05) is 0 Å². The van der Waals surface area contributed by atoms with Gasteiger partial charge < -0.3 is 28.4 Å². The highest BCUT2D eigenvalue weighted by Gasteiger charge is 2.13. The number of carbonyl (C=O) groups is 1. The molecule has 2 rings (SSSR count). The maximum Gasteiger partial charge on any atom is 0.255 e. The minimum absolute atomic E-state index is 0.444. The van der Waals surface area contributed by atoms with Crippen LogP contribution in [0.3, 0.4) is 0 Å². The third kappa shape index (κ3) is 6.66. The highest BCUT2D eigenvalue weighted by Crippen LogP contribution is 2.39. The summed E-state index contributed by atoms with van der Waals surface area (Å²) < 4.78 is 46.3. The third-order valence-electron chi connectivity index (χ3n) is 4.39. The Kier molecular flexibility index (Phi) is 9.62. The van der Waals surface area contributed by atoms with E-state index in [0.717, 1.165) is 0 Å². The Morgan fingerprint density at radius 3 is 1.45 bits per heavy atom. The summed E-state index contributed by atoms with van der Waals surface area (Å²) in [4.78, 5) is 12.2. The summed E-state index contributed by atoms with van der Waals surface area (Å²) in [6.07, 6.45) is 4.37. The maximum absolute atomic E-state index is 12.3. The van der Waals surface area contributed by atoms with Crippen LogP contribution in [0.4, 0.5) is 0 Å². The zero-order valence-electron chi connectivity index (χ0n) is 19.3. The van der Waals surface area contributed by atoms with E-state index in [1.54, 1.807) is 36.4 Å². The molecule has 178 valence electrons. The molecule has 0 saturated carbocycles. The van der Waals surface area contributed by atoms with E-state index in [1.807, 2.05) is 0 Å². The first-order chi connectivity index (χ1) is 15.9. The Balaban J connectivity index is 2.10. The topological polar surface area (TPSA) is 102 Å². The molecule has 2 aromatic carbocycles. The highest BCUT2D eigenvalue weighted by atomic mass is 32.2. The van der Waals surface area contributed by atoms with E-state index in [4.69, 9.17) is 28.4 Å². The monoisotopic (exact) mass is 477 g/mol. The lowest BCUT2D eigenvalue weighted by Gasteiger charge is -2.12. The van der Waals surface area contributed by atoms with Gasteiger partial charge in [0.2, 0.25) is 11.5 Å². The molecule has 0 aromatic heterocycles. The SMILES string of the molecule is COc1cc(/C=C\C(=O)NS(=O)/C=C/c2cc(OC)c(OC)c(OC)c2)cc(OC)c1OC. The Morgan fingerprint density at radius 2 is 1.09 bits per heavy atom. The fourth-order valence-corrected chi connectivity index (χ4v) is 3.49. The van der Waals surface area contributed by atoms with Crippen molar-refractivity contribution in [1.82, 2.24) is 4.72 Å². The number of amides is 1. The molecule has 1 N–H and O–H groups in total. The number of rotatable bonds is 11. The predicted molar refractivity (Wildman–Crippen MR) is 127 cm³/mol. The van der Waals surface area contributed by atoms with E-state index in [2.05, 4.69) is 4.72 Å². The van der Waals surface area contributed by atoms with Gasteiger partial charge in [-0.15, -0.1) is 0 Å². The van der Waals surface area contributed by atoms with Crippen LogP contribution in [0.1, 0.15) is 11.1 Å². The quantitative estimate of drug-likeness (QED) is 0.493. The van der Waals surface area contributed by atoms with Gasteiger partial charge in [0.1, 0.15) is 11.0 Å². The molecule has 0 aliphatic carbocycles. The zero-order chi connectivity index (χ0) is 24.4. The number of nitrogens with one attached hydrogen (secondary N) is 1. The molecular formula is C23H27NO8S. The minimum Gasteiger partial charge on any atom is -0.493 e. The molecule has 0 aliphatic rings. The van der Waals surface area contributed by atoms with Crippen molar-refractivity contribution in [1.29, 1.82) is 0 Å². The van der Waals surface area contributed by atoms with Crippen LogP contribution in [0.5, 0.6) is 34.5 Å². The Hall–Kier alpha value is -3.66. The van der Waals surface area contributed by atoms with Crippen LogP contribution >= 0.6 is 0 Å². The van der Waals surface area contributed by atoms with Crippen LogP contribution in [-0.2, 0) is 15.8 Å². The van der Waals surface area contributed by atoms with Crippen molar-refractivity contribution < 1.29 is 37.4 Å². The Morgan fingerprint density at radius 1 is 0.697 bits per heavy atom. The van der Waals surface area contributed by atoms with Crippen molar-refractivity contribution >= 4 is 29.0 Å². The molecule has 0 radical (unpaired) electrons. The van der Waals surface area contributed by atoms with Crippen molar-refractivity contribution in [3.8, 4) is 34.5 Å². The van der Waals surface area contributed by atoms with Gasteiger partial charge in [-0.2, -0.15) is 0 Å². The summed E-state index contributed by atoms with van der Waals surface area (Å²) in [6, 6.07) is 6.77. The Labute approximate surface area is 195 Å². The van der Waals surface area contributed by atoms with Gasteiger partial charge in [0, 0.05) is 11.5 Å². The molecule has 0 aliphatic heterocycles. The molecule has 9 nitrogen and oxygen atoms in total. The van der Waals surface area contributed by atoms with Crippen LogP contribution in [0.25, 0.3) is 12.2 Å². The van der Waals surface area contributed by atoms with Gasteiger partial charge in [0.25, 0.3) is 5.91 Å². The van der Waals surface area contributed by atoms with Gasteiger partial charge >= 0.3 is 0 Å².